The first-order valence-corrected chi connectivity index (χ1v) is 10.4. The molecule has 0 amide bonds. The number of hydrogen-bond acceptors (Lipinski definition) is 2. The standard InChI is InChI=1S/C28H23O3/c1-3-30-26-17-16-22(21-8-4-5-9-23(21)26)25-18-28(19-12-14-20(29-2)15-13-19)31-27-11-7-6-10-24(25)27/h4-18H,3H2,1-2H3/q+1. The van der Waals surface area contributed by atoms with Crippen LogP contribution < -0.4 is 9.47 Å². The molecule has 5 rings (SSSR count). The van der Waals surface area contributed by atoms with E-state index < -0.39 is 0 Å². The Kier molecular flexibility index (Phi) is 5.01. The molecule has 0 saturated heterocycles. The Morgan fingerprint density at radius 3 is 2.16 bits per heavy atom. The van der Waals surface area contributed by atoms with Gasteiger partial charge in [0.25, 0.3) is 0 Å². The molecule has 0 aliphatic rings. The Hall–Kier alpha value is -3.85. The van der Waals surface area contributed by atoms with Gasteiger partial charge < -0.3 is 9.47 Å². The van der Waals surface area contributed by atoms with Crippen LogP contribution in [0, 0.1) is 0 Å². The van der Waals surface area contributed by atoms with Gasteiger partial charge in [0.15, 0.2) is 0 Å². The zero-order valence-corrected chi connectivity index (χ0v) is 17.6. The van der Waals surface area contributed by atoms with Crippen molar-refractivity contribution in [3.8, 4) is 33.9 Å². The minimum atomic E-state index is 0.637. The van der Waals surface area contributed by atoms with Gasteiger partial charge in [-0.15, -0.1) is 0 Å². The lowest BCUT2D eigenvalue weighted by Crippen LogP contribution is -1.94. The second kappa shape index (κ2) is 8.11. The van der Waals surface area contributed by atoms with Crippen LogP contribution >= 0.6 is 0 Å². The van der Waals surface area contributed by atoms with Crippen molar-refractivity contribution in [3.63, 3.8) is 0 Å². The van der Waals surface area contributed by atoms with Crippen LogP contribution in [-0.2, 0) is 0 Å². The molecule has 3 heteroatoms. The van der Waals surface area contributed by atoms with Gasteiger partial charge in [0, 0.05) is 17.0 Å². The van der Waals surface area contributed by atoms with Gasteiger partial charge in [0.2, 0.25) is 0 Å². The Labute approximate surface area is 181 Å². The molecule has 0 fully saturated rings. The summed E-state index contributed by atoms with van der Waals surface area (Å²) in [7, 11) is 1.67. The summed E-state index contributed by atoms with van der Waals surface area (Å²) < 4.78 is 17.5. The maximum atomic E-state index is 6.29. The summed E-state index contributed by atoms with van der Waals surface area (Å²) in [5.41, 5.74) is 4.14. The van der Waals surface area contributed by atoms with E-state index in [1.165, 1.54) is 0 Å². The quantitative estimate of drug-likeness (QED) is 0.281. The van der Waals surface area contributed by atoms with E-state index in [0.717, 1.165) is 55.7 Å². The van der Waals surface area contributed by atoms with Crippen LogP contribution in [0.2, 0.25) is 0 Å². The van der Waals surface area contributed by atoms with Gasteiger partial charge >= 0.3 is 11.3 Å². The van der Waals surface area contributed by atoms with Crippen LogP contribution in [0.15, 0.2) is 95.4 Å². The molecule has 0 radical (unpaired) electrons. The van der Waals surface area contributed by atoms with E-state index in [1.54, 1.807) is 7.11 Å². The topological polar surface area (TPSA) is 29.8 Å². The zero-order chi connectivity index (χ0) is 21.2. The molecule has 5 aromatic rings. The maximum absolute atomic E-state index is 6.29. The number of para-hydroxylation sites is 1. The van der Waals surface area contributed by atoms with Crippen LogP contribution in [0.4, 0.5) is 0 Å². The summed E-state index contributed by atoms with van der Waals surface area (Å²) >= 11 is 0. The van der Waals surface area contributed by atoms with E-state index in [-0.39, 0.29) is 0 Å². The van der Waals surface area contributed by atoms with Gasteiger partial charge in [0.05, 0.1) is 30.7 Å². The predicted octanol–water partition coefficient (Wildman–Crippen LogP) is 7.61. The van der Waals surface area contributed by atoms with Crippen molar-refractivity contribution in [3.05, 3.63) is 91.0 Å². The maximum Gasteiger partial charge on any atom is 0.361 e. The van der Waals surface area contributed by atoms with E-state index in [1.807, 2.05) is 49.4 Å². The molecular formula is C28H23O3+. The summed E-state index contributed by atoms with van der Waals surface area (Å²) in [6, 6.07) is 30.8. The van der Waals surface area contributed by atoms with Crippen molar-refractivity contribution in [2.45, 2.75) is 6.92 Å². The van der Waals surface area contributed by atoms with Gasteiger partial charge in [0.1, 0.15) is 11.5 Å². The second-order valence-corrected chi connectivity index (χ2v) is 7.34. The number of hydrogen-bond donors (Lipinski definition) is 0. The third-order valence-electron chi connectivity index (χ3n) is 5.52. The Balaban J connectivity index is 1.77. The number of benzene rings is 4. The monoisotopic (exact) mass is 407 g/mol. The highest BCUT2D eigenvalue weighted by atomic mass is 16.5. The molecule has 31 heavy (non-hydrogen) atoms. The van der Waals surface area contributed by atoms with E-state index in [4.69, 9.17) is 13.9 Å². The molecule has 0 spiro atoms. The van der Waals surface area contributed by atoms with Gasteiger partial charge in [-0.25, -0.2) is 4.42 Å². The number of methoxy groups -OCH3 is 1. The van der Waals surface area contributed by atoms with Gasteiger partial charge in [-0.2, -0.15) is 0 Å². The van der Waals surface area contributed by atoms with Crippen LogP contribution in [-0.4, -0.2) is 13.7 Å². The average Bonchev–Trinajstić information content (AvgIpc) is 2.84. The first kappa shape index (κ1) is 19.1. The molecule has 0 unspecified atom stereocenters. The Bertz CT molecular complexity index is 1370. The lowest BCUT2D eigenvalue weighted by atomic mass is 9.94. The van der Waals surface area contributed by atoms with Crippen molar-refractivity contribution in [1.82, 2.24) is 0 Å². The molecule has 0 atom stereocenters. The zero-order valence-electron chi connectivity index (χ0n) is 17.6. The van der Waals surface area contributed by atoms with Crippen molar-refractivity contribution in [2.24, 2.45) is 0 Å². The molecule has 1 aromatic heterocycles. The fraction of sp³-hybridized carbons (Fsp3) is 0.107. The number of fused-ring (bicyclic) bond motifs is 2. The van der Waals surface area contributed by atoms with Crippen LogP contribution in [0.5, 0.6) is 11.5 Å². The number of rotatable bonds is 5. The third-order valence-corrected chi connectivity index (χ3v) is 5.52. The van der Waals surface area contributed by atoms with Crippen molar-refractivity contribution in [2.75, 3.05) is 13.7 Å². The SMILES string of the molecule is CCOc1ccc(-c2cc(-c3ccc(OC)cc3)[o+]c3ccccc23)c2ccccc12. The molecule has 0 bridgehead atoms. The molecule has 0 saturated carbocycles. The Morgan fingerprint density at radius 2 is 1.42 bits per heavy atom. The smallest absolute Gasteiger partial charge is 0.361 e. The predicted molar refractivity (Wildman–Crippen MR) is 127 cm³/mol. The fourth-order valence-electron chi connectivity index (χ4n) is 4.04. The highest BCUT2D eigenvalue weighted by molar-refractivity contribution is 6.06. The van der Waals surface area contributed by atoms with Crippen LogP contribution in [0.3, 0.4) is 0 Å². The summed E-state index contributed by atoms with van der Waals surface area (Å²) in [4.78, 5) is 0. The molecule has 152 valence electrons. The first-order valence-electron chi connectivity index (χ1n) is 10.4. The summed E-state index contributed by atoms with van der Waals surface area (Å²) in [5.74, 6) is 2.54. The number of ether oxygens (including phenoxy) is 2. The lowest BCUT2D eigenvalue weighted by Gasteiger charge is -2.12. The minimum absolute atomic E-state index is 0.637. The molecule has 0 N–H and O–H groups in total. The summed E-state index contributed by atoms with van der Waals surface area (Å²) in [5, 5.41) is 3.34. The van der Waals surface area contributed by atoms with Crippen LogP contribution in [0.25, 0.3) is 44.2 Å². The molecule has 0 aliphatic heterocycles. The van der Waals surface area contributed by atoms with E-state index in [0.29, 0.717) is 6.61 Å². The molecule has 3 nitrogen and oxygen atoms in total. The van der Waals surface area contributed by atoms with Crippen molar-refractivity contribution >= 4 is 21.7 Å². The van der Waals surface area contributed by atoms with Gasteiger partial charge in [-0.1, -0.05) is 42.5 Å². The summed E-state index contributed by atoms with van der Waals surface area (Å²) in [6.07, 6.45) is 0. The normalized spacial score (nSPS) is 11.0. The molecule has 4 aromatic carbocycles. The third kappa shape index (κ3) is 3.49. The molecular weight excluding hydrogens is 384 g/mol. The van der Waals surface area contributed by atoms with Gasteiger partial charge in [-0.05, 0) is 54.3 Å². The van der Waals surface area contributed by atoms with E-state index in [9.17, 15) is 0 Å². The first-order chi connectivity index (χ1) is 15.3. The van der Waals surface area contributed by atoms with Crippen LogP contribution in [0.1, 0.15) is 6.92 Å². The largest absolute Gasteiger partial charge is 0.497 e. The van der Waals surface area contributed by atoms with E-state index in [2.05, 4.69) is 48.5 Å². The average molecular weight is 407 g/mol. The van der Waals surface area contributed by atoms with Gasteiger partial charge in [-0.3, -0.25) is 0 Å². The fourth-order valence-corrected chi connectivity index (χ4v) is 4.04. The molecule has 0 aliphatic carbocycles. The highest BCUT2D eigenvalue weighted by Gasteiger charge is 2.21. The van der Waals surface area contributed by atoms with E-state index >= 15 is 0 Å². The molecule has 1 heterocycles. The second-order valence-electron chi connectivity index (χ2n) is 7.34. The Morgan fingerprint density at radius 1 is 0.710 bits per heavy atom. The highest BCUT2D eigenvalue weighted by Crippen LogP contribution is 2.40. The minimum Gasteiger partial charge on any atom is -0.497 e. The lowest BCUT2D eigenvalue weighted by molar-refractivity contribution is 0.344. The van der Waals surface area contributed by atoms with Crippen molar-refractivity contribution in [1.29, 1.82) is 0 Å². The summed E-state index contributed by atoms with van der Waals surface area (Å²) in [6.45, 7) is 2.65. The van der Waals surface area contributed by atoms with Crippen molar-refractivity contribution < 1.29 is 13.9 Å².